The van der Waals surface area contributed by atoms with E-state index in [1.807, 2.05) is 36.4 Å². The molecule has 0 spiro atoms. The number of thioether (sulfide) groups is 1. The number of hydrogen-bond donors (Lipinski definition) is 0. The van der Waals surface area contributed by atoms with Crippen LogP contribution in [0.5, 0.6) is 0 Å². The number of benzene rings is 2. The first kappa shape index (κ1) is 29.8. The molecule has 0 N–H and O–H groups in total. The molecule has 3 aromatic rings. The Morgan fingerprint density at radius 1 is 1.02 bits per heavy atom. The predicted molar refractivity (Wildman–Crippen MR) is 164 cm³/mol. The molecule has 1 aliphatic rings. The lowest BCUT2D eigenvalue weighted by molar-refractivity contribution is 0.0862. The summed E-state index contributed by atoms with van der Waals surface area (Å²) in [5.41, 5.74) is 13.6. The van der Waals surface area contributed by atoms with E-state index in [9.17, 15) is 4.79 Å². The number of ether oxygens (including phenoxy) is 1. The molecular formula is C28H36N6O3SSi2. The summed E-state index contributed by atoms with van der Waals surface area (Å²) >= 11 is 1.60. The van der Waals surface area contributed by atoms with Gasteiger partial charge in [0.2, 0.25) is 0 Å². The van der Waals surface area contributed by atoms with Gasteiger partial charge in [0.05, 0.1) is 6.54 Å². The Balaban J connectivity index is 1.24. The normalized spacial score (nSPS) is 12.8. The van der Waals surface area contributed by atoms with Crippen LogP contribution in [0.25, 0.3) is 21.6 Å². The Morgan fingerprint density at radius 2 is 1.62 bits per heavy atom. The van der Waals surface area contributed by atoms with Gasteiger partial charge in [0.1, 0.15) is 0 Å². The molecule has 12 heteroatoms. The number of amides is 1. The molecule has 0 bridgehead atoms. The maximum Gasteiger partial charge on any atom is 0.410 e. The number of nitrogens with zero attached hydrogens (tertiary/aromatic N) is 6. The van der Waals surface area contributed by atoms with Crippen molar-refractivity contribution < 1.29 is 13.6 Å². The topological polar surface area (TPSA) is 113 Å². The number of carbonyl (C=O) groups excluding carboxylic acids is 1. The Labute approximate surface area is 242 Å². The fraction of sp³-hybridized carbons (Fsp3) is 0.393. The van der Waals surface area contributed by atoms with Crippen LogP contribution in [0.1, 0.15) is 29.2 Å². The molecule has 1 aliphatic carbocycles. The minimum atomic E-state index is -1.97. The second-order valence-electron chi connectivity index (χ2n) is 11.1. The highest BCUT2D eigenvalue weighted by Crippen LogP contribution is 2.45. The molecule has 0 saturated carbocycles. The minimum absolute atomic E-state index is 0.250. The van der Waals surface area contributed by atoms with Crippen LogP contribution < -0.4 is 0 Å². The van der Waals surface area contributed by atoms with Crippen LogP contribution in [0.2, 0.25) is 32.2 Å². The highest BCUT2D eigenvalue weighted by atomic mass is 32.2. The molecule has 4 rings (SSSR count). The molecule has 40 heavy (non-hydrogen) atoms. The summed E-state index contributed by atoms with van der Waals surface area (Å²) < 4.78 is 12.8. The Hall–Kier alpha value is -3.16. The van der Waals surface area contributed by atoms with Crippen molar-refractivity contribution >= 4 is 34.5 Å². The third-order valence-electron chi connectivity index (χ3n) is 6.68. The lowest BCUT2D eigenvalue weighted by atomic mass is 10.1. The summed E-state index contributed by atoms with van der Waals surface area (Å²) in [5.74, 6) is 0. The van der Waals surface area contributed by atoms with Crippen LogP contribution in [0, 0.1) is 0 Å². The predicted octanol–water partition coefficient (Wildman–Crippen LogP) is 7.57. The fourth-order valence-corrected chi connectivity index (χ4v) is 15.3. The molecule has 0 saturated heterocycles. The Morgan fingerprint density at radius 3 is 2.23 bits per heavy atom. The largest absolute Gasteiger partial charge is 0.455 e. The quantitative estimate of drug-likeness (QED) is 0.0535. The molecule has 0 unspecified atom stereocenters. The molecule has 0 aliphatic heterocycles. The number of rotatable bonds is 12. The van der Waals surface area contributed by atoms with Gasteiger partial charge >= 0.3 is 6.09 Å². The lowest BCUT2D eigenvalue weighted by Gasteiger charge is -2.34. The Bertz CT molecular complexity index is 1340. The van der Waals surface area contributed by atoms with Gasteiger partial charge in [0.15, 0.2) is 27.9 Å². The first-order valence-corrected chi connectivity index (χ1v) is 20.5. The third kappa shape index (κ3) is 7.73. The first-order valence-electron chi connectivity index (χ1n) is 13.3. The van der Waals surface area contributed by atoms with Gasteiger partial charge < -0.3 is 13.8 Å². The van der Waals surface area contributed by atoms with Crippen molar-refractivity contribution in [1.82, 2.24) is 14.9 Å². The smallest absolute Gasteiger partial charge is 0.410 e. The summed E-state index contributed by atoms with van der Waals surface area (Å²) in [7, 11) is -2.12. The van der Waals surface area contributed by atoms with Crippen molar-refractivity contribution in [3.8, 4) is 11.1 Å². The number of azide groups is 1. The molecule has 0 atom stereocenters. The third-order valence-corrected chi connectivity index (χ3v) is 16.5. The fourth-order valence-electron chi connectivity index (χ4n) is 4.94. The number of hydrogen-bond acceptors (Lipinski definition) is 7. The van der Waals surface area contributed by atoms with Crippen molar-refractivity contribution in [3.05, 3.63) is 88.1 Å². The van der Waals surface area contributed by atoms with Crippen LogP contribution in [0.4, 0.5) is 4.79 Å². The first-order chi connectivity index (χ1) is 19.1. The number of fused-ring (bicyclic) bond motifs is 3. The van der Waals surface area contributed by atoms with Gasteiger partial charge in [0, 0.05) is 47.4 Å². The second kappa shape index (κ2) is 13.0. The van der Waals surface area contributed by atoms with E-state index in [4.69, 9.17) is 14.4 Å². The van der Waals surface area contributed by atoms with Gasteiger partial charge in [-0.05, 0) is 60.9 Å². The van der Waals surface area contributed by atoms with E-state index in [-0.39, 0.29) is 18.7 Å². The van der Waals surface area contributed by atoms with Crippen molar-refractivity contribution in [3.63, 3.8) is 0 Å². The molecule has 9 nitrogen and oxygen atoms in total. The summed E-state index contributed by atoms with van der Waals surface area (Å²) in [6, 6.07) is 17.2. The average Bonchev–Trinajstić information content (AvgIpc) is 3.24. The van der Waals surface area contributed by atoms with E-state index >= 15 is 0 Å². The highest BCUT2D eigenvalue weighted by Gasteiger charge is 2.34. The standard InChI is InChI=1S/C28H36N6O3SSi2/c1-34(28(35)36-26-24-13-8-6-11-22(24)23-12-7-9-14-25(23)26)15-10-16-39(2,3)37-40(4,5)20-38-27-30-17-21(18-31-27)19-32-33-29/h6-9,11-14,17-18,26H,10,15-16,19-20H2,1-5H3. The number of carbonyl (C=O) groups is 1. The molecule has 210 valence electrons. The van der Waals surface area contributed by atoms with Crippen molar-refractivity contribution in [2.24, 2.45) is 5.11 Å². The number of aromatic nitrogens is 2. The van der Waals surface area contributed by atoms with Crippen LogP contribution in [-0.2, 0) is 15.4 Å². The van der Waals surface area contributed by atoms with Crippen molar-refractivity contribution in [2.75, 3.05) is 19.0 Å². The zero-order valence-corrected chi connectivity index (χ0v) is 26.5. The van der Waals surface area contributed by atoms with Gasteiger partial charge in [-0.1, -0.05) is 65.4 Å². The SMILES string of the molecule is CN(CCC[Si](C)(C)O[Si](C)(C)CSc1ncc(CN=[N+]=[N-])cn1)C(=O)OC1c2ccccc2-c2ccccc21. The van der Waals surface area contributed by atoms with Gasteiger partial charge in [0.25, 0.3) is 0 Å². The molecule has 0 fully saturated rings. The summed E-state index contributed by atoms with van der Waals surface area (Å²) in [4.78, 5) is 26.2. The van der Waals surface area contributed by atoms with Crippen LogP contribution in [0.3, 0.4) is 0 Å². The maximum absolute atomic E-state index is 13.1. The zero-order valence-electron chi connectivity index (χ0n) is 23.7. The van der Waals surface area contributed by atoms with Crippen LogP contribution >= 0.6 is 11.8 Å². The van der Waals surface area contributed by atoms with E-state index in [1.54, 1.807) is 36.1 Å². The van der Waals surface area contributed by atoms with Gasteiger partial charge in [-0.3, -0.25) is 0 Å². The van der Waals surface area contributed by atoms with E-state index in [0.717, 1.165) is 45.7 Å². The molecule has 1 amide bonds. The van der Waals surface area contributed by atoms with E-state index in [0.29, 0.717) is 11.7 Å². The summed E-state index contributed by atoms with van der Waals surface area (Å²) in [5, 5.41) is 5.08. The molecule has 0 radical (unpaired) electrons. The Kier molecular flexibility index (Phi) is 9.70. The van der Waals surface area contributed by atoms with Gasteiger partial charge in [-0.15, -0.1) is 0 Å². The lowest BCUT2D eigenvalue weighted by Crippen LogP contribution is -2.46. The van der Waals surface area contributed by atoms with E-state index in [1.165, 1.54) is 0 Å². The molecule has 1 aromatic heterocycles. The van der Waals surface area contributed by atoms with E-state index < -0.39 is 16.6 Å². The highest BCUT2D eigenvalue weighted by molar-refractivity contribution is 8.00. The maximum atomic E-state index is 13.1. The van der Waals surface area contributed by atoms with Gasteiger partial charge in [-0.2, -0.15) is 0 Å². The molecular weight excluding hydrogens is 557 g/mol. The molecule has 1 heterocycles. The van der Waals surface area contributed by atoms with Crippen LogP contribution in [0.15, 0.2) is 71.2 Å². The van der Waals surface area contributed by atoms with Crippen molar-refractivity contribution in [1.29, 1.82) is 0 Å². The zero-order chi connectivity index (χ0) is 28.8. The van der Waals surface area contributed by atoms with Gasteiger partial charge in [-0.25, -0.2) is 14.8 Å². The van der Waals surface area contributed by atoms with Crippen molar-refractivity contribution in [2.45, 2.75) is 56.5 Å². The minimum Gasteiger partial charge on any atom is -0.455 e. The monoisotopic (exact) mass is 592 g/mol. The van der Waals surface area contributed by atoms with Crippen LogP contribution in [-0.4, -0.2) is 56.6 Å². The van der Waals surface area contributed by atoms with E-state index in [2.05, 4.69) is 58.3 Å². The molecule has 2 aromatic carbocycles. The summed E-state index contributed by atoms with van der Waals surface area (Å²) in [6.45, 7) is 9.81. The average molecular weight is 593 g/mol. The summed E-state index contributed by atoms with van der Waals surface area (Å²) in [6.07, 6.45) is 3.56. The second-order valence-corrected chi connectivity index (χ2v) is 21.3.